The summed E-state index contributed by atoms with van der Waals surface area (Å²) in [4.78, 5) is 11.0. The number of nitrogens with one attached hydrogen (secondary N) is 2. The molecule has 0 aromatic heterocycles. The number of carbonyl (C=O) groups is 1. The first-order chi connectivity index (χ1) is 7.67. The number of nitriles is 1. The molecule has 16 heavy (non-hydrogen) atoms. The molecule has 0 saturated carbocycles. The monoisotopic (exact) mass is 217 g/mol. The first kappa shape index (κ1) is 12.1. The molecule has 0 radical (unpaired) electrons. The van der Waals surface area contributed by atoms with Crippen LogP contribution in [0.2, 0.25) is 0 Å². The Morgan fingerprint density at radius 1 is 1.50 bits per heavy atom. The van der Waals surface area contributed by atoms with Gasteiger partial charge in [0, 0.05) is 25.7 Å². The standard InChI is InChI=1S/C12H15N3O/c1-9-7-10(8-13)3-4-11(9)15-6-5-12(16)14-2/h3-4,7,15H,5-6H2,1-2H3,(H,14,16). The summed E-state index contributed by atoms with van der Waals surface area (Å²) in [7, 11) is 1.62. The van der Waals surface area contributed by atoms with Gasteiger partial charge in [-0.1, -0.05) is 0 Å². The van der Waals surface area contributed by atoms with Crippen LogP contribution in [0.25, 0.3) is 0 Å². The van der Waals surface area contributed by atoms with Gasteiger partial charge in [0.1, 0.15) is 0 Å². The molecule has 0 spiro atoms. The molecule has 4 nitrogen and oxygen atoms in total. The number of nitrogens with zero attached hydrogens (tertiary/aromatic N) is 1. The highest BCUT2D eigenvalue weighted by Gasteiger charge is 2.01. The van der Waals surface area contributed by atoms with Crippen molar-refractivity contribution in [3.05, 3.63) is 29.3 Å². The molecule has 2 N–H and O–H groups in total. The summed E-state index contributed by atoms with van der Waals surface area (Å²) in [5.41, 5.74) is 2.62. The van der Waals surface area contributed by atoms with Crippen LogP contribution in [0.15, 0.2) is 18.2 Å². The molecule has 1 rings (SSSR count). The van der Waals surface area contributed by atoms with Crippen molar-refractivity contribution in [2.24, 2.45) is 0 Å². The van der Waals surface area contributed by atoms with Gasteiger partial charge in [-0.2, -0.15) is 5.26 Å². The fraction of sp³-hybridized carbons (Fsp3) is 0.333. The molecule has 0 fully saturated rings. The number of carbonyl (C=O) groups excluding carboxylic acids is 1. The molecule has 1 amide bonds. The average molecular weight is 217 g/mol. The molecule has 0 bridgehead atoms. The van der Waals surface area contributed by atoms with Crippen molar-refractivity contribution in [1.82, 2.24) is 5.32 Å². The normalized spacial score (nSPS) is 9.31. The van der Waals surface area contributed by atoms with E-state index in [1.54, 1.807) is 13.1 Å². The third-order valence-corrected chi connectivity index (χ3v) is 2.30. The maximum atomic E-state index is 11.0. The SMILES string of the molecule is CNC(=O)CCNc1ccc(C#N)cc1C. The van der Waals surface area contributed by atoms with Gasteiger partial charge in [-0.15, -0.1) is 0 Å². The summed E-state index contributed by atoms with van der Waals surface area (Å²) in [6.07, 6.45) is 0.440. The molecule has 1 aromatic rings. The Labute approximate surface area is 95.3 Å². The van der Waals surface area contributed by atoms with Crippen molar-refractivity contribution in [2.45, 2.75) is 13.3 Å². The third kappa shape index (κ3) is 3.28. The summed E-state index contributed by atoms with van der Waals surface area (Å²) in [5, 5.41) is 14.4. The zero-order chi connectivity index (χ0) is 12.0. The van der Waals surface area contributed by atoms with Gasteiger partial charge in [0.25, 0.3) is 0 Å². The largest absolute Gasteiger partial charge is 0.384 e. The number of anilines is 1. The van der Waals surface area contributed by atoms with Gasteiger partial charge in [0.05, 0.1) is 11.6 Å². The van der Waals surface area contributed by atoms with Gasteiger partial charge in [-0.3, -0.25) is 4.79 Å². The van der Waals surface area contributed by atoms with Crippen molar-refractivity contribution >= 4 is 11.6 Å². The van der Waals surface area contributed by atoms with Crippen LogP contribution < -0.4 is 10.6 Å². The second-order valence-electron chi connectivity index (χ2n) is 3.49. The molecular formula is C12H15N3O. The van der Waals surface area contributed by atoms with E-state index >= 15 is 0 Å². The summed E-state index contributed by atoms with van der Waals surface area (Å²) in [5.74, 6) is 0.0128. The number of rotatable bonds is 4. The lowest BCUT2D eigenvalue weighted by atomic mass is 10.1. The summed E-state index contributed by atoms with van der Waals surface area (Å²) in [6, 6.07) is 7.53. The van der Waals surface area contributed by atoms with Crippen LogP contribution in [0.5, 0.6) is 0 Å². The molecule has 0 aliphatic carbocycles. The fourth-order valence-electron chi connectivity index (χ4n) is 1.37. The van der Waals surface area contributed by atoms with Crippen LogP contribution in [0.4, 0.5) is 5.69 Å². The van der Waals surface area contributed by atoms with E-state index in [0.29, 0.717) is 18.5 Å². The highest BCUT2D eigenvalue weighted by atomic mass is 16.1. The minimum atomic E-state index is 0.0128. The van der Waals surface area contributed by atoms with Crippen molar-refractivity contribution in [2.75, 3.05) is 18.9 Å². The predicted octanol–water partition coefficient (Wildman–Crippen LogP) is 1.41. The molecule has 0 aliphatic heterocycles. The smallest absolute Gasteiger partial charge is 0.221 e. The molecule has 0 saturated heterocycles. The van der Waals surface area contributed by atoms with E-state index < -0.39 is 0 Å². The second-order valence-corrected chi connectivity index (χ2v) is 3.49. The second kappa shape index (κ2) is 5.76. The van der Waals surface area contributed by atoms with Crippen molar-refractivity contribution < 1.29 is 4.79 Å². The van der Waals surface area contributed by atoms with Crippen molar-refractivity contribution in [3.63, 3.8) is 0 Å². The number of aryl methyl sites for hydroxylation is 1. The Kier molecular flexibility index (Phi) is 4.34. The first-order valence-corrected chi connectivity index (χ1v) is 5.12. The zero-order valence-corrected chi connectivity index (χ0v) is 9.50. The van der Waals surface area contributed by atoms with Gasteiger partial charge < -0.3 is 10.6 Å². The maximum absolute atomic E-state index is 11.0. The van der Waals surface area contributed by atoms with E-state index in [0.717, 1.165) is 11.3 Å². The topological polar surface area (TPSA) is 64.9 Å². The molecule has 84 valence electrons. The Morgan fingerprint density at radius 2 is 2.25 bits per heavy atom. The highest BCUT2D eigenvalue weighted by Crippen LogP contribution is 2.15. The minimum absolute atomic E-state index is 0.0128. The Bertz CT molecular complexity index is 421. The lowest BCUT2D eigenvalue weighted by Crippen LogP contribution is -2.20. The van der Waals surface area contributed by atoms with E-state index in [2.05, 4.69) is 16.7 Å². The number of hydrogen-bond donors (Lipinski definition) is 2. The summed E-state index contributed by atoms with van der Waals surface area (Å²) >= 11 is 0. The number of hydrogen-bond acceptors (Lipinski definition) is 3. The Balaban J connectivity index is 2.55. The van der Waals surface area contributed by atoms with E-state index in [1.165, 1.54) is 0 Å². The Hall–Kier alpha value is -2.02. The number of amides is 1. The lowest BCUT2D eigenvalue weighted by Gasteiger charge is -2.08. The van der Waals surface area contributed by atoms with Gasteiger partial charge >= 0.3 is 0 Å². The number of benzene rings is 1. The first-order valence-electron chi connectivity index (χ1n) is 5.12. The fourth-order valence-corrected chi connectivity index (χ4v) is 1.37. The minimum Gasteiger partial charge on any atom is -0.384 e. The van der Waals surface area contributed by atoms with Crippen LogP contribution in [-0.2, 0) is 4.79 Å². The van der Waals surface area contributed by atoms with Gasteiger partial charge in [0.2, 0.25) is 5.91 Å². The summed E-state index contributed by atoms with van der Waals surface area (Å²) in [6.45, 7) is 2.52. The van der Waals surface area contributed by atoms with Crippen LogP contribution in [0, 0.1) is 18.3 Å². The summed E-state index contributed by atoms with van der Waals surface area (Å²) < 4.78 is 0. The quantitative estimate of drug-likeness (QED) is 0.801. The van der Waals surface area contributed by atoms with Crippen molar-refractivity contribution in [3.8, 4) is 6.07 Å². The molecule has 0 unspecified atom stereocenters. The molecule has 0 aliphatic rings. The van der Waals surface area contributed by atoms with Crippen LogP contribution in [-0.4, -0.2) is 19.5 Å². The molecule has 1 aromatic carbocycles. The van der Waals surface area contributed by atoms with E-state index in [9.17, 15) is 4.79 Å². The van der Waals surface area contributed by atoms with Gasteiger partial charge in [-0.05, 0) is 30.7 Å². The molecule has 4 heteroatoms. The lowest BCUT2D eigenvalue weighted by molar-refractivity contribution is -0.120. The van der Waals surface area contributed by atoms with Gasteiger partial charge in [-0.25, -0.2) is 0 Å². The van der Waals surface area contributed by atoms with E-state index in [1.807, 2.05) is 19.1 Å². The van der Waals surface area contributed by atoms with Crippen molar-refractivity contribution in [1.29, 1.82) is 5.26 Å². The van der Waals surface area contributed by atoms with Crippen LogP contribution in [0.3, 0.4) is 0 Å². The molecule has 0 atom stereocenters. The van der Waals surface area contributed by atoms with Gasteiger partial charge in [0.15, 0.2) is 0 Å². The third-order valence-electron chi connectivity index (χ3n) is 2.30. The zero-order valence-electron chi connectivity index (χ0n) is 9.50. The maximum Gasteiger partial charge on any atom is 0.221 e. The molecular weight excluding hydrogens is 202 g/mol. The highest BCUT2D eigenvalue weighted by molar-refractivity contribution is 5.76. The van der Waals surface area contributed by atoms with Crippen LogP contribution >= 0.6 is 0 Å². The molecule has 0 heterocycles. The average Bonchev–Trinajstić information content (AvgIpc) is 2.30. The van der Waals surface area contributed by atoms with Crippen LogP contribution in [0.1, 0.15) is 17.5 Å². The predicted molar refractivity (Wildman–Crippen MR) is 63.1 cm³/mol. The Morgan fingerprint density at radius 3 is 2.81 bits per heavy atom. The van der Waals surface area contributed by atoms with E-state index in [4.69, 9.17) is 5.26 Å². The van der Waals surface area contributed by atoms with E-state index in [-0.39, 0.29) is 5.91 Å².